The Hall–Kier alpha value is -1.23. The van der Waals surface area contributed by atoms with E-state index < -0.39 is 0 Å². The van der Waals surface area contributed by atoms with E-state index in [1.54, 1.807) is 6.21 Å². The van der Waals surface area contributed by atoms with E-state index in [2.05, 4.69) is 11.1 Å². The average Bonchev–Trinajstić information content (AvgIpc) is 2.95. The number of hydrogen-bond acceptors (Lipinski definition) is 3. The molecule has 0 unspecified atom stereocenters. The summed E-state index contributed by atoms with van der Waals surface area (Å²) in [5.74, 6) is 0.329. The van der Waals surface area contributed by atoms with Gasteiger partial charge in [0.1, 0.15) is 5.75 Å². The number of hydrogen-bond donors (Lipinski definition) is 1. The Morgan fingerprint density at radius 3 is 2.33 bits per heavy atom. The van der Waals surface area contributed by atoms with Crippen LogP contribution in [-0.4, -0.2) is 11.3 Å². The van der Waals surface area contributed by atoms with Gasteiger partial charge in [0, 0.05) is 11.8 Å². The fraction of sp³-hybridized carbons (Fsp3) is 0.188. The third-order valence-electron chi connectivity index (χ3n) is 3.35. The van der Waals surface area contributed by atoms with Crippen LogP contribution in [0.2, 0.25) is 0 Å². The summed E-state index contributed by atoms with van der Waals surface area (Å²) in [5.41, 5.74) is 4.34. The molecule has 5 heteroatoms. The van der Waals surface area contributed by atoms with Crippen molar-refractivity contribution in [3.63, 3.8) is 0 Å². The quantitative estimate of drug-likeness (QED) is 0.792. The first-order chi connectivity index (χ1) is 9.83. The van der Waals surface area contributed by atoms with Crippen molar-refractivity contribution in [1.29, 1.82) is 0 Å². The molecule has 0 atom stereocenters. The first-order valence-electron chi connectivity index (χ1n) is 6.45. The van der Waals surface area contributed by atoms with Gasteiger partial charge in [-0.1, -0.05) is 18.2 Å². The predicted octanol–water partition coefficient (Wildman–Crippen LogP) is 4.09. The van der Waals surface area contributed by atoms with Gasteiger partial charge in [-0.2, -0.15) is 0 Å². The summed E-state index contributed by atoms with van der Waals surface area (Å²) in [6, 6.07) is 13.7. The molecule has 0 spiro atoms. The van der Waals surface area contributed by atoms with Crippen LogP contribution in [0.15, 0.2) is 47.5 Å². The van der Waals surface area contributed by atoms with Crippen molar-refractivity contribution in [3.8, 4) is 5.75 Å². The Kier molecular flexibility index (Phi) is 7.58. The molecule has 3 rings (SSSR count). The van der Waals surface area contributed by atoms with Gasteiger partial charge in [0.25, 0.3) is 0 Å². The van der Waals surface area contributed by atoms with Gasteiger partial charge in [-0.3, -0.25) is 4.99 Å². The number of nitrogens with zero attached hydrogens (tertiary/aromatic N) is 1. The van der Waals surface area contributed by atoms with E-state index in [4.69, 9.17) is 3.67 Å². The van der Waals surface area contributed by atoms with E-state index in [0.29, 0.717) is 5.75 Å². The molecule has 3 nitrogen and oxygen atoms in total. The second-order valence-corrected chi connectivity index (χ2v) is 4.63. The zero-order chi connectivity index (χ0) is 14.4. The first kappa shape index (κ1) is 17.8. The molecular formula is C16H16BrNO2V. The number of aromatic hydroxyl groups is 1. The number of benzene rings is 2. The molecule has 0 saturated heterocycles. The van der Waals surface area contributed by atoms with Crippen LogP contribution in [0.25, 0.3) is 0 Å². The van der Waals surface area contributed by atoms with E-state index >= 15 is 0 Å². The monoisotopic (exact) mass is 384 g/mol. The third-order valence-corrected chi connectivity index (χ3v) is 3.35. The molecule has 2 aromatic rings. The molecular weight excluding hydrogens is 369 g/mol. The number of phenols is 1. The third kappa shape index (κ3) is 4.63. The number of para-hydroxylation sites is 1. The van der Waals surface area contributed by atoms with E-state index in [1.165, 1.54) is 17.5 Å². The molecule has 1 aliphatic carbocycles. The minimum atomic E-state index is 0. The molecule has 0 radical (unpaired) electrons. The van der Waals surface area contributed by atoms with Crippen LogP contribution < -0.4 is 0 Å². The molecule has 0 aromatic heterocycles. The van der Waals surface area contributed by atoms with Crippen molar-refractivity contribution in [2.24, 2.45) is 4.99 Å². The second kappa shape index (κ2) is 8.93. The zero-order valence-electron chi connectivity index (χ0n) is 11.4. The van der Waals surface area contributed by atoms with E-state index in [-0.39, 0.29) is 17.0 Å². The number of halogens is 1. The molecule has 0 heterocycles. The standard InChI is InChI=1S/C16H15NO.BrH.O.V/c18-16-10-13-6-4-5-12(13)9-14(16)11-17-15-7-2-1-3-8-15;;;/h1-3,7-11,18H,4-6H2;1H;;. The topological polar surface area (TPSA) is 49.7 Å². The van der Waals surface area contributed by atoms with Crippen molar-refractivity contribution >= 4 is 28.9 Å². The van der Waals surface area contributed by atoms with Crippen LogP contribution in [-0.2, 0) is 33.9 Å². The Balaban J connectivity index is 0.000000706. The molecule has 21 heavy (non-hydrogen) atoms. The van der Waals surface area contributed by atoms with Crippen LogP contribution in [0.4, 0.5) is 5.69 Å². The Morgan fingerprint density at radius 2 is 1.67 bits per heavy atom. The van der Waals surface area contributed by atoms with Crippen LogP contribution in [0.3, 0.4) is 0 Å². The molecule has 0 aliphatic heterocycles. The van der Waals surface area contributed by atoms with Crippen molar-refractivity contribution in [2.45, 2.75) is 19.3 Å². The summed E-state index contributed by atoms with van der Waals surface area (Å²) in [4.78, 5) is 4.38. The second-order valence-electron chi connectivity index (χ2n) is 4.63. The van der Waals surface area contributed by atoms with Gasteiger partial charge < -0.3 is 5.11 Å². The summed E-state index contributed by atoms with van der Waals surface area (Å²) in [5, 5.41) is 9.96. The molecule has 0 saturated carbocycles. The predicted molar refractivity (Wildman–Crippen MR) is 84.8 cm³/mol. The number of rotatable bonds is 2. The van der Waals surface area contributed by atoms with Gasteiger partial charge in [-0.05, 0) is 54.7 Å². The molecule has 0 amide bonds. The molecule has 0 fully saturated rings. The summed E-state index contributed by atoms with van der Waals surface area (Å²) in [6.45, 7) is 0. The van der Waals surface area contributed by atoms with Crippen molar-refractivity contribution in [2.75, 3.05) is 0 Å². The summed E-state index contributed by atoms with van der Waals surface area (Å²) in [6.07, 6.45) is 5.12. The normalized spacial score (nSPS) is 12.1. The Labute approximate surface area is 144 Å². The van der Waals surface area contributed by atoms with Crippen molar-refractivity contribution in [3.05, 3.63) is 59.2 Å². The molecule has 2 aromatic carbocycles. The average molecular weight is 385 g/mol. The van der Waals surface area contributed by atoms with Gasteiger partial charge in [0.2, 0.25) is 0 Å². The maximum absolute atomic E-state index is 9.96. The van der Waals surface area contributed by atoms with E-state index in [9.17, 15) is 5.11 Å². The van der Waals surface area contributed by atoms with Crippen LogP contribution in [0, 0.1) is 0 Å². The van der Waals surface area contributed by atoms with Crippen molar-refractivity contribution < 1.29 is 26.1 Å². The minimum absolute atomic E-state index is 0. The Morgan fingerprint density at radius 1 is 1.05 bits per heavy atom. The van der Waals surface area contributed by atoms with Crippen LogP contribution in [0.5, 0.6) is 5.75 Å². The fourth-order valence-electron chi connectivity index (χ4n) is 2.39. The fourth-order valence-corrected chi connectivity index (χ4v) is 2.39. The summed E-state index contributed by atoms with van der Waals surface area (Å²) in [7, 11) is 0. The summed E-state index contributed by atoms with van der Waals surface area (Å²) >= 11 is 1.06. The van der Waals surface area contributed by atoms with Gasteiger partial charge in [-0.25, -0.2) is 0 Å². The van der Waals surface area contributed by atoms with E-state index in [1.807, 2.05) is 36.4 Å². The number of fused-ring (bicyclic) bond motifs is 1. The van der Waals surface area contributed by atoms with Gasteiger partial charge in [0.05, 0.1) is 5.69 Å². The zero-order valence-corrected chi connectivity index (χ0v) is 14.5. The molecule has 1 N–H and O–H groups in total. The van der Waals surface area contributed by atoms with Gasteiger partial charge >= 0.3 is 21.0 Å². The SMILES string of the molecule is Br.Oc1cc2c(cc1C=Nc1ccccc1)CCC2.[O]=[V]. The molecule has 109 valence electrons. The van der Waals surface area contributed by atoms with Crippen LogP contribution >= 0.6 is 17.0 Å². The van der Waals surface area contributed by atoms with Crippen molar-refractivity contribution in [1.82, 2.24) is 0 Å². The first-order valence-corrected chi connectivity index (χ1v) is 7.02. The number of aryl methyl sites for hydroxylation is 2. The maximum atomic E-state index is 9.96. The number of phenolic OH excluding ortho intramolecular Hbond substituents is 1. The summed E-state index contributed by atoms with van der Waals surface area (Å²) < 4.78 is 8.19. The van der Waals surface area contributed by atoms with E-state index in [0.717, 1.165) is 41.5 Å². The Bertz CT molecular complexity index is 617. The molecule has 1 aliphatic rings. The van der Waals surface area contributed by atoms with Gasteiger partial charge in [-0.15, -0.1) is 17.0 Å². The van der Waals surface area contributed by atoms with Crippen LogP contribution in [0.1, 0.15) is 23.1 Å². The van der Waals surface area contributed by atoms with Gasteiger partial charge in [0.15, 0.2) is 0 Å². The number of aliphatic imine (C=N–C) groups is 1. The molecule has 0 bridgehead atoms.